The zero-order valence-corrected chi connectivity index (χ0v) is 7.13. The first kappa shape index (κ1) is 7.48. The molecule has 2 heteroatoms. The van der Waals surface area contributed by atoms with Crippen LogP contribution in [0.1, 0.15) is 20.8 Å². The molecule has 0 N–H and O–H groups in total. The molecule has 1 aliphatic rings. The minimum atomic E-state index is 0.170. The molecule has 0 spiro atoms. The number of rotatable bonds is 0. The fourth-order valence-corrected chi connectivity index (χ4v) is 0.818. The molecule has 56 valence electrons. The SMILES string of the molecule is CC(C)(C)[N+]1(C)C=CC=N1. The van der Waals surface area contributed by atoms with Gasteiger partial charge in [0.15, 0.2) is 0 Å². The smallest absolute Gasteiger partial charge is 0.124 e. The Morgan fingerprint density at radius 2 is 1.90 bits per heavy atom. The standard InChI is InChI=1S/C8H15N2/c1-8(2,3)10(4)7-5-6-9-10/h5-7H,1-4H3/q+1. The van der Waals surface area contributed by atoms with Crippen LogP contribution in [0.15, 0.2) is 17.4 Å². The van der Waals surface area contributed by atoms with Crippen molar-refractivity contribution in [3.63, 3.8) is 0 Å². The number of quaternary nitrogens is 1. The van der Waals surface area contributed by atoms with Gasteiger partial charge in [-0.05, 0) is 20.8 Å². The van der Waals surface area contributed by atoms with E-state index in [2.05, 4.69) is 39.1 Å². The van der Waals surface area contributed by atoms with Crippen molar-refractivity contribution in [2.45, 2.75) is 26.3 Å². The van der Waals surface area contributed by atoms with Gasteiger partial charge in [0.1, 0.15) is 11.7 Å². The molecule has 0 amide bonds. The molecule has 1 unspecified atom stereocenters. The summed E-state index contributed by atoms with van der Waals surface area (Å²) in [4.78, 5) is 0. The van der Waals surface area contributed by atoms with Crippen molar-refractivity contribution < 1.29 is 4.59 Å². The van der Waals surface area contributed by atoms with Crippen molar-refractivity contribution in [3.05, 3.63) is 12.3 Å². The maximum Gasteiger partial charge on any atom is 0.124 e. The van der Waals surface area contributed by atoms with Gasteiger partial charge in [-0.1, -0.05) is 5.10 Å². The first-order chi connectivity index (χ1) is 4.46. The molecule has 0 aromatic rings. The number of allylic oxidation sites excluding steroid dienone is 1. The lowest BCUT2D eigenvalue weighted by molar-refractivity contribution is -0.910. The molecule has 0 saturated carbocycles. The molecule has 1 aliphatic heterocycles. The van der Waals surface area contributed by atoms with Gasteiger partial charge in [0.25, 0.3) is 0 Å². The lowest BCUT2D eigenvalue weighted by atomic mass is 10.1. The average molecular weight is 139 g/mol. The van der Waals surface area contributed by atoms with E-state index in [9.17, 15) is 0 Å². The summed E-state index contributed by atoms with van der Waals surface area (Å²) >= 11 is 0. The Hall–Kier alpha value is -0.630. The van der Waals surface area contributed by atoms with Crippen molar-refractivity contribution in [1.82, 2.24) is 0 Å². The van der Waals surface area contributed by atoms with Crippen LogP contribution in [-0.4, -0.2) is 23.4 Å². The Kier molecular flexibility index (Phi) is 1.44. The summed E-state index contributed by atoms with van der Waals surface area (Å²) in [5.74, 6) is 0. The summed E-state index contributed by atoms with van der Waals surface area (Å²) in [5.41, 5.74) is 0.170. The van der Waals surface area contributed by atoms with E-state index >= 15 is 0 Å². The van der Waals surface area contributed by atoms with Crippen molar-refractivity contribution in [3.8, 4) is 0 Å². The van der Waals surface area contributed by atoms with E-state index in [0.717, 1.165) is 0 Å². The predicted molar refractivity (Wildman–Crippen MR) is 43.6 cm³/mol. The van der Waals surface area contributed by atoms with Crippen molar-refractivity contribution in [1.29, 1.82) is 0 Å². The number of nitrogens with zero attached hydrogens (tertiary/aromatic N) is 2. The van der Waals surface area contributed by atoms with Gasteiger partial charge in [-0.25, -0.2) is 0 Å². The highest BCUT2D eigenvalue weighted by Crippen LogP contribution is 2.25. The molecular formula is C8H15N2+. The van der Waals surface area contributed by atoms with Gasteiger partial charge in [0.05, 0.1) is 13.3 Å². The molecule has 2 nitrogen and oxygen atoms in total. The van der Waals surface area contributed by atoms with Crippen molar-refractivity contribution in [2.75, 3.05) is 7.05 Å². The molecule has 0 aliphatic carbocycles. The molecule has 0 radical (unpaired) electrons. The van der Waals surface area contributed by atoms with E-state index in [1.54, 1.807) is 0 Å². The Bertz CT molecular complexity index is 172. The van der Waals surface area contributed by atoms with Crippen LogP contribution in [0.4, 0.5) is 0 Å². The minimum Gasteiger partial charge on any atom is -0.170 e. The first-order valence-electron chi connectivity index (χ1n) is 3.55. The summed E-state index contributed by atoms with van der Waals surface area (Å²) in [6, 6.07) is 0. The molecule has 0 saturated heterocycles. The Morgan fingerprint density at radius 1 is 1.30 bits per heavy atom. The molecule has 1 rings (SSSR count). The third kappa shape index (κ3) is 0.991. The van der Waals surface area contributed by atoms with E-state index in [-0.39, 0.29) is 5.54 Å². The van der Waals surface area contributed by atoms with Gasteiger partial charge in [-0.15, -0.1) is 0 Å². The summed E-state index contributed by atoms with van der Waals surface area (Å²) < 4.78 is 0.660. The van der Waals surface area contributed by atoms with Crippen LogP contribution >= 0.6 is 0 Å². The van der Waals surface area contributed by atoms with Crippen molar-refractivity contribution >= 4 is 6.21 Å². The van der Waals surface area contributed by atoms with Crippen LogP contribution in [-0.2, 0) is 0 Å². The fraction of sp³-hybridized carbons (Fsp3) is 0.625. The summed E-state index contributed by atoms with van der Waals surface area (Å²) in [6.07, 6.45) is 5.94. The second-order valence-electron chi connectivity index (χ2n) is 3.80. The largest absolute Gasteiger partial charge is 0.170 e. The molecule has 0 aromatic carbocycles. The predicted octanol–water partition coefficient (Wildman–Crippen LogP) is 1.74. The third-order valence-corrected chi connectivity index (χ3v) is 2.13. The Labute approximate surface area is 62.4 Å². The average Bonchev–Trinajstić information content (AvgIpc) is 2.13. The van der Waals surface area contributed by atoms with Crippen LogP contribution < -0.4 is 0 Å². The highest BCUT2D eigenvalue weighted by Gasteiger charge is 2.35. The van der Waals surface area contributed by atoms with Gasteiger partial charge in [-0.2, -0.15) is 4.59 Å². The quantitative estimate of drug-likeness (QED) is 0.453. The van der Waals surface area contributed by atoms with Gasteiger partial charge >= 0.3 is 0 Å². The molecular weight excluding hydrogens is 124 g/mol. The Morgan fingerprint density at radius 3 is 2.10 bits per heavy atom. The fourth-order valence-electron chi connectivity index (χ4n) is 0.818. The molecule has 10 heavy (non-hydrogen) atoms. The normalized spacial score (nSPS) is 31.6. The maximum absolute atomic E-state index is 4.34. The molecule has 0 fully saturated rings. The molecule has 0 bridgehead atoms. The third-order valence-electron chi connectivity index (χ3n) is 2.13. The van der Waals surface area contributed by atoms with Gasteiger partial charge in [0, 0.05) is 6.08 Å². The van der Waals surface area contributed by atoms with E-state index in [1.165, 1.54) is 0 Å². The Balaban J connectivity index is 2.90. The van der Waals surface area contributed by atoms with Crippen LogP contribution in [0.5, 0.6) is 0 Å². The van der Waals surface area contributed by atoms with E-state index in [4.69, 9.17) is 0 Å². The summed E-state index contributed by atoms with van der Waals surface area (Å²) in [5, 5.41) is 4.34. The maximum atomic E-state index is 4.34. The van der Waals surface area contributed by atoms with Crippen LogP contribution in [0.25, 0.3) is 0 Å². The summed E-state index contributed by atoms with van der Waals surface area (Å²) in [7, 11) is 2.10. The zero-order chi connectivity index (χ0) is 7.83. The highest BCUT2D eigenvalue weighted by atomic mass is 15.6. The first-order valence-corrected chi connectivity index (χ1v) is 3.55. The topological polar surface area (TPSA) is 12.4 Å². The second kappa shape index (κ2) is 1.92. The highest BCUT2D eigenvalue weighted by molar-refractivity contribution is 5.71. The van der Waals surface area contributed by atoms with Crippen LogP contribution in [0.3, 0.4) is 0 Å². The number of hydrogen-bond acceptors (Lipinski definition) is 1. The van der Waals surface area contributed by atoms with Crippen LogP contribution in [0.2, 0.25) is 0 Å². The second-order valence-corrected chi connectivity index (χ2v) is 3.80. The van der Waals surface area contributed by atoms with Gasteiger partial charge in [0.2, 0.25) is 0 Å². The van der Waals surface area contributed by atoms with E-state index in [1.807, 2.05) is 12.3 Å². The van der Waals surface area contributed by atoms with Gasteiger partial charge in [-0.3, -0.25) is 0 Å². The van der Waals surface area contributed by atoms with E-state index in [0.29, 0.717) is 4.59 Å². The van der Waals surface area contributed by atoms with Crippen molar-refractivity contribution in [2.24, 2.45) is 5.10 Å². The van der Waals surface area contributed by atoms with Crippen LogP contribution in [0, 0.1) is 0 Å². The molecule has 1 atom stereocenters. The van der Waals surface area contributed by atoms with E-state index < -0.39 is 0 Å². The molecule has 0 aromatic heterocycles. The summed E-state index contributed by atoms with van der Waals surface area (Å²) in [6.45, 7) is 6.54. The zero-order valence-electron chi connectivity index (χ0n) is 7.13. The minimum absolute atomic E-state index is 0.170. The monoisotopic (exact) mass is 139 g/mol. The van der Waals surface area contributed by atoms with Gasteiger partial charge < -0.3 is 0 Å². The number of hydrogen-bond donors (Lipinski definition) is 0. The lowest BCUT2D eigenvalue weighted by Crippen LogP contribution is -2.47. The molecule has 1 heterocycles. The lowest BCUT2D eigenvalue weighted by Gasteiger charge is -2.34.